The maximum absolute atomic E-state index is 13.8. The Bertz CT molecular complexity index is 1750. The number of methoxy groups -OCH3 is 3. The molecule has 1 atom stereocenters. The van der Waals surface area contributed by atoms with Crippen LogP contribution in [0.2, 0.25) is 0 Å². The normalized spacial score (nSPS) is 14.8. The standard InChI is InChI=1S/C31H28N2O6S/c1-19-27(30(35)38-4)28(22-11-13-23(36-2)14-12-22)33-29(34)26(40-31(33)32-19)17-21-10-15-24(25(16-21)37-3)39-18-20-8-6-5-7-9-20/h5-17,28H,18H2,1-4H3/b26-17-. The highest BCUT2D eigenvalue weighted by molar-refractivity contribution is 7.07. The second kappa shape index (κ2) is 11.6. The van der Waals surface area contributed by atoms with Gasteiger partial charge in [-0.25, -0.2) is 9.79 Å². The van der Waals surface area contributed by atoms with Gasteiger partial charge in [0.05, 0.1) is 43.2 Å². The fourth-order valence-electron chi connectivity index (χ4n) is 4.57. The molecular formula is C31H28N2O6S. The van der Waals surface area contributed by atoms with Gasteiger partial charge >= 0.3 is 5.97 Å². The number of aromatic nitrogens is 1. The average molecular weight is 557 g/mol. The molecule has 0 spiro atoms. The van der Waals surface area contributed by atoms with Gasteiger partial charge in [-0.2, -0.15) is 0 Å². The number of nitrogens with zero attached hydrogens (tertiary/aromatic N) is 2. The molecule has 0 N–H and O–H groups in total. The first-order chi connectivity index (χ1) is 19.4. The van der Waals surface area contributed by atoms with Crippen LogP contribution in [-0.2, 0) is 16.1 Å². The molecule has 0 fully saturated rings. The third-order valence-electron chi connectivity index (χ3n) is 6.58. The van der Waals surface area contributed by atoms with Crippen LogP contribution in [0, 0.1) is 0 Å². The Labute approximate surface area is 235 Å². The van der Waals surface area contributed by atoms with Crippen molar-refractivity contribution < 1.29 is 23.7 Å². The number of hydrogen-bond acceptors (Lipinski definition) is 8. The maximum Gasteiger partial charge on any atom is 0.338 e. The van der Waals surface area contributed by atoms with E-state index in [1.165, 1.54) is 18.4 Å². The zero-order valence-corrected chi connectivity index (χ0v) is 23.4. The monoisotopic (exact) mass is 556 g/mol. The first kappa shape index (κ1) is 27.0. The minimum absolute atomic E-state index is 0.262. The predicted octanol–water partition coefficient (Wildman–Crippen LogP) is 4.00. The number of esters is 1. The van der Waals surface area contributed by atoms with E-state index in [0.717, 1.165) is 16.7 Å². The van der Waals surface area contributed by atoms with Gasteiger partial charge < -0.3 is 18.9 Å². The zero-order valence-electron chi connectivity index (χ0n) is 22.5. The van der Waals surface area contributed by atoms with Gasteiger partial charge in [0.2, 0.25) is 0 Å². The van der Waals surface area contributed by atoms with Gasteiger partial charge in [-0.1, -0.05) is 59.9 Å². The van der Waals surface area contributed by atoms with E-state index in [-0.39, 0.29) is 5.56 Å². The summed E-state index contributed by atoms with van der Waals surface area (Å²) in [6.45, 7) is 2.15. The molecule has 1 aliphatic heterocycles. The molecule has 0 radical (unpaired) electrons. The van der Waals surface area contributed by atoms with E-state index in [1.54, 1.807) is 43.9 Å². The van der Waals surface area contributed by atoms with Crippen molar-refractivity contribution in [2.75, 3.05) is 21.3 Å². The Hall–Kier alpha value is -4.63. The molecule has 0 amide bonds. The highest BCUT2D eigenvalue weighted by atomic mass is 32.1. The molecule has 9 heteroatoms. The highest BCUT2D eigenvalue weighted by Gasteiger charge is 2.33. The number of carbonyl (C=O) groups excluding carboxylic acids is 1. The quantitative estimate of drug-likeness (QED) is 0.305. The van der Waals surface area contributed by atoms with Crippen LogP contribution in [0.5, 0.6) is 17.2 Å². The summed E-state index contributed by atoms with van der Waals surface area (Å²) in [5, 5.41) is 0. The Balaban J connectivity index is 1.55. The molecule has 0 bridgehead atoms. The van der Waals surface area contributed by atoms with Crippen LogP contribution in [0.3, 0.4) is 0 Å². The number of benzene rings is 3. The van der Waals surface area contributed by atoms with Crippen molar-refractivity contribution in [2.24, 2.45) is 4.99 Å². The average Bonchev–Trinajstić information content (AvgIpc) is 3.29. The highest BCUT2D eigenvalue weighted by Crippen LogP contribution is 2.32. The third kappa shape index (κ3) is 5.28. The van der Waals surface area contributed by atoms with Crippen molar-refractivity contribution >= 4 is 23.4 Å². The van der Waals surface area contributed by atoms with Gasteiger partial charge in [0.1, 0.15) is 12.4 Å². The van der Waals surface area contributed by atoms with E-state index >= 15 is 0 Å². The summed E-state index contributed by atoms with van der Waals surface area (Å²) >= 11 is 1.26. The number of ether oxygens (including phenoxy) is 4. The molecule has 40 heavy (non-hydrogen) atoms. The van der Waals surface area contributed by atoms with Crippen molar-refractivity contribution in [3.05, 3.63) is 120 Å². The summed E-state index contributed by atoms with van der Waals surface area (Å²) in [6.07, 6.45) is 1.79. The van der Waals surface area contributed by atoms with Crippen molar-refractivity contribution in [2.45, 2.75) is 19.6 Å². The van der Waals surface area contributed by atoms with Gasteiger partial charge in [-0.05, 0) is 54.0 Å². The van der Waals surface area contributed by atoms with Crippen molar-refractivity contribution in [1.29, 1.82) is 0 Å². The second-order valence-electron chi connectivity index (χ2n) is 9.03. The van der Waals surface area contributed by atoms with Gasteiger partial charge in [0.25, 0.3) is 5.56 Å². The number of hydrogen-bond donors (Lipinski definition) is 0. The predicted molar refractivity (Wildman–Crippen MR) is 153 cm³/mol. The minimum Gasteiger partial charge on any atom is -0.497 e. The van der Waals surface area contributed by atoms with Gasteiger partial charge in [0.15, 0.2) is 16.3 Å². The van der Waals surface area contributed by atoms with Gasteiger partial charge in [-0.3, -0.25) is 9.36 Å². The zero-order chi connectivity index (χ0) is 28.2. The van der Waals surface area contributed by atoms with Crippen LogP contribution in [0.25, 0.3) is 6.08 Å². The lowest BCUT2D eigenvalue weighted by Gasteiger charge is -2.24. The molecule has 8 nitrogen and oxygen atoms in total. The Kier molecular flexibility index (Phi) is 7.84. The molecule has 1 unspecified atom stereocenters. The Morgan fingerprint density at radius 2 is 1.73 bits per heavy atom. The number of rotatable bonds is 8. The van der Waals surface area contributed by atoms with Crippen LogP contribution < -0.4 is 29.1 Å². The molecule has 2 heterocycles. The lowest BCUT2D eigenvalue weighted by molar-refractivity contribution is -0.136. The molecule has 1 aliphatic rings. The first-order valence-corrected chi connectivity index (χ1v) is 13.3. The molecule has 0 saturated carbocycles. The van der Waals surface area contributed by atoms with Crippen molar-refractivity contribution in [1.82, 2.24) is 4.57 Å². The van der Waals surface area contributed by atoms with E-state index in [0.29, 0.717) is 44.5 Å². The smallest absolute Gasteiger partial charge is 0.338 e. The molecule has 0 aliphatic carbocycles. The summed E-state index contributed by atoms with van der Waals surface area (Å²) in [4.78, 5) is 31.7. The third-order valence-corrected chi connectivity index (χ3v) is 7.56. The molecule has 3 aromatic carbocycles. The molecule has 1 aromatic heterocycles. The van der Waals surface area contributed by atoms with E-state index in [4.69, 9.17) is 18.9 Å². The van der Waals surface area contributed by atoms with Crippen LogP contribution in [0.15, 0.2) is 93.9 Å². The second-order valence-corrected chi connectivity index (χ2v) is 10.0. The van der Waals surface area contributed by atoms with Crippen molar-refractivity contribution in [3.8, 4) is 17.2 Å². The fraction of sp³-hybridized carbons (Fsp3) is 0.194. The summed E-state index contributed by atoms with van der Waals surface area (Å²) < 4.78 is 23.9. The molecule has 5 rings (SSSR count). The molecule has 204 valence electrons. The fourth-order valence-corrected chi connectivity index (χ4v) is 5.62. The number of fused-ring (bicyclic) bond motifs is 1. The lowest BCUT2D eigenvalue weighted by atomic mass is 9.96. The molecule has 0 saturated heterocycles. The summed E-state index contributed by atoms with van der Waals surface area (Å²) in [6, 6.07) is 21.9. The van der Waals surface area contributed by atoms with E-state index < -0.39 is 12.0 Å². The topological polar surface area (TPSA) is 88.4 Å². The maximum atomic E-state index is 13.8. The largest absolute Gasteiger partial charge is 0.497 e. The number of allylic oxidation sites excluding steroid dienone is 1. The lowest BCUT2D eigenvalue weighted by Crippen LogP contribution is -2.39. The van der Waals surface area contributed by atoms with Gasteiger partial charge in [0, 0.05) is 0 Å². The Morgan fingerprint density at radius 1 is 0.975 bits per heavy atom. The molecule has 4 aromatic rings. The van der Waals surface area contributed by atoms with Crippen LogP contribution >= 0.6 is 11.3 Å². The van der Waals surface area contributed by atoms with E-state index in [9.17, 15) is 9.59 Å². The minimum atomic E-state index is -0.694. The summed E-state index contributed by atoms with van der Waals surface area (Å²) in [5.41, 5.74) is 3.10. The van der Waals surface area contributed by atoms with Crippen LogP contribution in [0.4, 0.5) is 0 Å². The van der Waals surface area contributed by atoms with E-state index in [1.807, 2.05) is 60.7 Å². The van der Waals surface area contributed by atoms with E-state index in [2.05, 4.69) is 4.99 Å². The molecular weight excluding hydrogens is 528 g/mol. The van der Waals surface area contributed by atoms with Crippen molar-refractivity contribution in [3.63, 3.8) is 0 Å². The summed E-state index contributed by atoms with van der Waals surface area (Å²) in [5.74, 6) is 1.29. The Morgan fingerprint density at radius 3 is 2.40 bits per heavy atom. The SMILES string of the molecule is COC(=O)C1=C(C)N=c2s/c(=C\c3ccc(OCc4ccccc4)c(OC)c3)c(=O)n2C1c1ccc(OC)cc1. The first-order valence-electron chi connectivity index (χ1n) is 12.5. The van der Waals surface area contributed by atoms with Gasteiger partial charge in [-0.15, -0.1) is 0 Å². The van der Waals surface area contributed by atoms with Crippen LogP contribution in [-0.4, -0.2) is 31.9 Å². The number of carbonyl (C=O) groups is 1. The summed E-state index contributed by atoms with van der Waals surface area (Å²) in [7, 11) is 4.48. The number of thiazole rings is 1. The van der Waals surface area contributed by atoms with Crippen LogP contribution in [0.1, 0.15) is 29.7 Å².